The first-order valence-electron chi connectivity index (χ1n) is 9.49. The number of fused-ring (bicyclic) bond motifs is 3. The number of aromatic nitrogens is 2. The Hall–Kier alpha value is -2.22. The molecule has 1 amide bonds. The van der Waals surface area contributed by atoms with Crippen molar-refractivity contribution in [2.24, 2.45) is 5.41 Å². The zero-order valence-corrected chi connectivity index (χ0v) is 17.4. The van der Waals surface area contributed by atoms with Gasteiger partial charge < -0.3 is 10.3 Å². The van der Waals surface area contributed by atoms with Gasteiger partial charge in [0.1, 0.15) is 5.69 Å². The maximum absolute atomic E-state index is 12.9. The molecule has 1 atom stereocenters. The van der Waals surface area contributed by atoms with E-state index in [2.05, 4.69) is 29.1 Å². The fraction of sp³-hybridized carbons (Fsp3) is 0.550. The molecular weight excluding hydrogens is 378 g/mol. The van der Waals surface area contributed by atoms with Crippen LogP contribution in [0.2, 0.25) is 0 Å². The van der Waals surface area contributed by atoms with Crippen LogP contribution in [-0.4, -0.2) is 47.6 Å². The maximum Gasteiger partial charge on any atom is 0.270 e. The summed E-state index contributed by atoms with van der Waals surface area (Å²) in [5.41, 5.74) is 2.28. The summed E-state index contributed by atoms with van der Waals surface area (Å²) in [5, 5.41) is 2.77. The minimum Gasteiger partial charge on any atom is -0.351 e. The third kappa shape index (κ3) is 3.03. The van der Waals surface area contributed by atoms with E-state index in [9.17, 15) is 18.0 Å². The van der Waals surface area contributed by atoms with Gasteiger partial charge in [-0.05, 0) is 30.4 Å². The molecule has 1 unspecified atom stereocenters. The first-order valence-corrected chi connectivity index (χ1v) is 11.3. The molecule has 1 aliphatic heterocycles. The summed E-state index contributed by atoms with van der Waals surface area (Å²) in [6, 6.07) is 2.98. The number of carbonyl (C=O) groups excluding carboxylic acids is 2. The summed E-state index contributed by atoms with van der Waals surface area (Å²) in [6.07, 6.45) is 1.11. The summed E-state index contributed by atoms with van der Waals surface area (Å²) < 4.78 is 23.2. The second-order valence-electron chi connectivity index (χ2n) is 9.31. The fourth-order valence-electron chi connectivity index (χ4n) is 4.80. The molecule has 4 rings (SSSR count). The molecular formula is C20H25N3O4S. The molecule has 3 heterocycles. The zero-order chi connectivity index (χ0) is 20.5. The number of amides is 1. The van der Waals surface area contributed by atoms with Crippen molar-refractivity contribution in [2.45, 2.75) is 52.0 Å². The van der Waals surface area contributed by atoms with Gasteiger partial charge in [-0.1, -0.05) is 27.7 Å². The van der Waals surface area contributed by atoms with Crippen LogP contribution in [0.25, 0.3) is 11.0 Å². The van der Waals surface area contributed by atoms with Gasteiger partial charge in [-0.3, -0.25) is 9.59 Å². The SMILES string of the molecule is CC1(C)CC(C)(C)c2c([nH]c3ccc(C(=O)NC4CCS(=O)(=O)C4)nc23)C1=O. The lowest BCUT2D eigenvalue weighted by Crippen LogP contribution is -2.39. The molecule has 0 spiro atoms. The van der Waals surface area contributed by atoms with Crippen LogP contribution in [0.3, 0.4) is 0 Å². The number of H-pyrrole nitrogens is 1. The first kappa shape index (κ1) is 19.1. The summed E-state index contributed by atoms with van der Waals surface area (Å²) in [7, 11) is -3.07. The number of Topliss-reactive ketones (excluding diaryl/α,β-unsaturated/α-hetero) is 1. The van der Waals surface area contributed by atoms with Gasteiger partial charge in [0.15, 0.2) is 15.6 Å². The van der Waals surface area contributed by atoms with E-state index in [0.29, 0.717) is 24.1 Å². The number of hydrogen-bond donors (Lipinski definition) is 2. The molecule has 2 aromatic heterocycles. The largest absolute Gasteiger partial charge is 0.351 e. The molecule has 2 aliphatic rings. The van der Waals surface area contributed by atoms with Crippen LogP contribution in [0.15, 0.2) is 12.1 Å². The highest BCUT2D eigenvalue weighted by Crippen LogP contribution is 2.47. The maximum atomic E-state index is 12.9. The number of sulfone groups is 1. The average Bonchev–Trinajstić information content (AvgIpc) is 3.11. The van der Waals surface area contributed by atoms with Crippen molar-refractivity contribution in [2.75, 3.05) is 11.5 Å². The van der Waals surface area contributed by atoms with E-state index in [4.69, 9.17) is 0 Å². The number of rotatable bonds is 2. The Balaban J connectivity index is 1.72. The molecule has 1 aliphatic carbocycles. The second-order valence-corrected chi connectivity index (χ2v) is 11.5. The van der Waals surface area contributed by atoms with Gasteiger partial charge in [0.25, 0.3) is 5.91 Å². The van der Waals surface area contributed by atoms with Crippen LogP contribution in [-0.2, 0) is 15.3 Å². The van der Waals surface area contributed by atoms with Crippen molar-refractivity contribution in [3.63, 3.8) is 0 Å². The smallest absolute Gasteiger partial charge is 0.270 e. The monoisotopic (exact) mass is 403 g/mol. The van der Waals surface area contributed by atoms with Crippen LogP contribution < -0.4 is 5.32 Å². The lowest BCUT2D eigenvalue weighted by atomic mass is 9.63. The number of ketones is 1. The van der Waals surface area contributed by atoms with Crippen molar-refractivity contribution < 1.29 is 18.0 Å². The van der Waals surface area contributed by atoms with Gasteiger partial charge in [0, 0.05) is 17.0 Å². The molecule has 1 saturated heterocycles. The van der Waals surface area contributed by atoms with Crippen LogP contribution in [0.5, 0.6) is 0 Å². The standard InChI is InChI=1S/C20H25N3O4S/c1-19(2)10-20(3,4)17(24)16-14(19)15-12(22-16)5-6-13(23-15)18(25)21-11-7-8-28(26,27)9-11/h5-6,11,22H,7-10H2,1-4H3,(H,21,25). The molecule has 150 valence electrons. The van der Waals surface area contributed by atoms with Crippen LogP contribution in [0.1, 0.15) is 67.1 Å². The first-order chi connectivity index (χ1) is 12.9. The predicted molar refractivity (Wildman–Crippen MR) is 106 cm³/mol. The molecule has 2 N–H and O–H groups in total. The number of aromatic amines is 1. The predicted octanol–water partition coefficient (Wildman–Crippen LogP) is 2.37. The van der Waals surface area contributed by atoms with E-state index in [1.54, 1.807) is 12.1 Å². The number of hydrogen-bond acceptors (Lipinski definition) is 5. The van der Waals surface area contributed by atoms with Crippen molar-refractivity contribution in [1.29, 1.82) is 0 Å². The lowest BCUT2D eigenvalue weighted by Gasteiger charge is -2.39. The van der Waals surface area contributed by atoms with E-state index >= 15 is 0 Å². The van der Waals surface area contributed by atoms with Crippen molar-refractivity contribution in [3.05, 3.63) is 29.1 Å². The lowest BCUT2D eigenvalue weighted by molar-refractivity contribution is 0.0759. The van der Waals surface area contributed by atoms with E-state index in [-0.39, 0.29) is 40.3 Å². The molecule has 28 heavy (non-hydrogen) atoms. The molecule has 2 aromatic rings. The van der Waals surface area contributed by atoms with E-state index in [1.807, 2.05) is 13.8 Å². The van der Waals surface area contributed by atoms with Crippen LogP contribution >= 0.6 is 0 Å². The minimum absolute atomic E-state index is 0.0306. The second kappa shape index (κ2) is 5.89. The van der Waals surface area contributed by atoms with Crippen LogP contribution in [0.4, 0.5) is 0 Å². The molecule has 0 saturated carbocycles. The van der Waals surface area contributed by atoms with Gasteiger partial charge >= 0.3 is 0 Å². The van der Waals surface area contributed by atoms with E-state index in [0.717, 1.165) is 11.1 Å². The minimum atomic E-state index is -3.07. The fourth-order valence-corrected chi connectivity index (χ4v) is 6.48. The normalized spacial score (nSPS) is 24.9. The summed E-state index contributed by atoms with van der Waals surface area (Å²) >= 11 is 0. The third-order valence-corrected chi connectivity index (χ3v) is 7.61. The van der Waals surface area contributed by atoms with Gasteiger partial charge in [0.05, 0.1) is 28.2 Å². The Kier molecular flexibility index (Phi) is 4.02. The zero-order valence-electron chi connectivity index (χ0n) is 16.5. The summed E-state index contributed by atoms with van der Waals surface area (Å²) in [5.74, 6) is -0.264. The van der Waals surface area contributed by atoms with Gasteiger partial charge in [0.2, 0.25) is 0 Å². The number of carbonyl (C=O) groups is 2. The number of nitrogens with zero attached hydrogens (tertiary/aromatic N) is 1. The molecule has 7 nitrogen and oxygen atoms in total. The molecule has 8 heteroatoms. The highest BCUT2D eigenvalue weighted by molar-refractivity contribution is 7.91. The van der Waals surface area contributed by atoms with Crippen molar-refractivity contribution >= 4 is 32.6 Å². The quantitative estimate of drug-likeness (QED) is 0.800. The Morgan fingerprint density at radius 1 is 1.21 bits per heavy atom. The van der Waals surface area contributed by atoms with Crippen molar-refractivity contribution in [1.82, 2.24) is 15.3 Å². The Labute approximate surface area is 164 Å². The van der Waals surface area contributed by atoms with Gasteiger partial charge in [-0.25, -0.2) is 13.4 Å². The van der Waals surface area contributed by atoms with E-state index < -0.39 is 15.3 Å². The van der Waals surface area contributed by atoms with Gasteiger partial charge in [-0.15, -0.1) is 0 Å². The molecule has 1 fully saturated rings. The topological polar surface area (TPSA) is 109 Å². The van der Waals surface area contributed by atoms with E-state index in [1.165, 1.54) is 0 Å². The highest BCUT2D eigenvalue weighted by Gasteiger charge is 2.46. The van der Waals surface area contributed by atoms with Gasteiger partial charge in [-0.2, -0.15) is 0 Å². The highest BCUT2D eigenvalue weighted by atomic mass is 32.2. The molecule has 0 radical (unpaired) electrons. The summed E-state index contributed by atoms with van der Waals surface area (Å²) in [6.45, 7) is 8.08. The average molecular weight is 404 g/mol. The molecule has 0 bridgehead atoms. The van der Waals surface area contributed by atoms with Crippen LogP contribution in [0, 0.1) is 5.41 Å². The third-order valence-electron chi connectivity index (χ3n) is 5.84. The Bertz CT molecular complexity index is 1110. The number of nitrogens with one attached hydrogen (secondary N) is 2. The Morgan fingerprint density at radius 3 is 2.57 bits per heavy atom. The Morgan fingerprint density at radius 2 is 1.93 bits per heavy atom. The number of pyridine rings is 1. The summed E-state index contributed by atoms with van der Waals surface area (Å²) in [4.78, 5) is 33.3. The molecule has 0 aromatic carbocycles. The van der Waals surface area contributed by atoms with Crippen molar-refractivity contribution in [3.8, 4) is 0 Å².